The van der Waals surface area contributed by atoms with E-state index in [1.807, 2.05) is 45.0 Å². The van der Waals surface area contributed by atoms with Gasteiger partial charge in [0.1, 0.15) is 5.60 Å². The molecule has 4 nitrogen and oxygen atoms in total. The first-order chi connectivity index (χ1) is 8.94. The molecule has 0 bridgehead atoms. The number of nitrogens with zero attached hydrogens (tertiary/aromatic N) is 1. The first kappa shape index (κ1) is 12.5. The normalized spacial score (nSPS) is 27.8. The zero-order valence-electron chi connectivity index (χ0n) is 11.5. The molecule has 1 saturated carbocycles. The van der Waals surface area contributed by atoms with E-state index in [4.69, 9.17) is 4.74 Å². The molecule has 3 atom stereocenters. The number of rotatable bonds is 1. The average molecular weight is 261 g/mol. The molecule has 19 heavy (non-hydrogen) atoms. The number of aliphatic hydroxyl groups is 1. The monoisotopic (exact) mass is 261 g/mol. The van der Waals surface area contributed by atoms with Crippen LogP contribution in [0.4, 0.5) is 10.5 Å². The summed E-state index contributed by atoms with van der Waals surface area (Å²) in [5.74, 6) is 0.427. The third-order valence-corrected chi connectivity index (χ3v) is 3.78. The van der Waals surface area contributed by atoms with Gasteiger partial charge in [0, 0.05) is 18.4 Å². The Labute approximate surface area is 113 Å². The summed E-state index contributed by atoms with van der Waals surface area (Å²) in [6, 6.07) is 7.94. The predicted molar refractivity (Wildman–Crippen MR) is 72.3 cm³/mol. The van der Waals surface area contributed by atoms with E-state index in [9.17, 15) is 9.90 Å². The van der Waals surface area contributed by atoms with Crippen molar-refractivity contribution < 1.29 is 14.6 Å². The molecule has 4 heteroatoms. The van der Waals surface area contributed by atoms with E-state index in [0.717, 1.165) is 11.3 Å². The van der Waals surface area contributed by atoms with E-state index >= 15 is 0 Å². The van der Waals surface area contributed by atoms with Crippen LogP contribution in [0.1, 0.15) is 32.3 Å². The van der Waals surface area contributed by atoms with Crippen molar-refractivity contribution in [2.24, 2.45) is 5.92 Å². The van der Waals surface area contributed by atoms with Gasteiger partial charge in [-0.2, -0.15) is 0 Å². The second-order valence-electron chi connectivity index (χ2n) is 6.27. The van der Waals surface area contributed by atoms with Gasteiger partial charge < -0.3 is 9.84 Å². The summed E-state index contributed by atoms with van der Waals surface area (Å²) in [7, 11) is 0. The summed E-state index contributed by atoms with van der Waals surface area (Å²) in [6.07, 6.45) is -0.316. The van der Waals surface area contributed by atoms with Gasteiger partial charge in [0.15, 0.2) is 0 Å². The van der Waals surface area contributed by atoms with Crippen LogP contribution in [0.2, 0.25) is 0 Å². The minimum absolute atomic E-state index is 0.0669. The molecule has 2 aliphatic rings. The lowest BCUT2D eigenvalue weighted by atomic mass is 10.1. The maximum Gasteiger partial charge on any atom is 0.415 e. The largest absolute Gasteiger partial charge is 0.443 e. The van der Waals surface area contributed by atoms with E-state index < -0.39 is 5.60 Å². The number of carbonyl (C=O) groups excluding carboxylic acids is 1. The molecule has 1 N–H and O–H groups in total. The fraction of sp³-hybridized carbons (Fsp3) is 0.533. The van der Waals surface area contributed by atoms with Crippen molar-refractivity contribution in [1.29, 1.82) is 0 Å². The standard InChI is InChI=1S/C15H19NO3/c1-15(2,3)19-14(18)16-11-7-5-4-6-9(11)12-10(8-17)13(12)16/h4-7,10,12-13,17H,8H2,1-3H3. The topological polar surface area (TPSA) is 49.8 Å². The molecular weight excluding hydrogens is 242 g/mol. The number of aliphatic hydroxyl groups excluding tert-OH is 1. The minimum Gasteiger partial charge on any atom is -0.443 e. The van der Waals surface area contributed by atoms with Crippen molar-refractivity contribution in [2.45, 2.75) is 38.3 Å². The SMILES string of the molecule is CC(C)(C)OC(=O)N1c2ccccc2C2C(CO)C21. The number of benzene rings is 1. The summed E-state index contributed by atoms with van der Waals surface area (Å²) in [6.45, 7) is 5.70. The number of amides is 1. The molecule has 0 aromatic heterocycles. The van der Waals surface area contributed by atoms with Gasteiger partial charge in [0.2, 0.25) is 0 Å². The Bertz CT molecular complexity index is 520. The molecule has 1 aliphatic heterocycles. The first-order valence-corrected chi connectivity index (χ1v) is 6.66. The number of para-hydroxylation sites is 1. The van der Waals surface area contributed by atoms with Crippen LogP contribution >= 0.6 is 0 Å². The second-order valence-corrected chi connectivity index (χ2v) is 6.27. The van der Waals surface area contributed by atoms with Gasteiger partial charge in [0.05, 0.1) is 11.7 Å². The maximum absolute atomic E-state index is 12.3. The van der Waals surface area contributed by atoms with E-state index in [-0.39, 0.29) is 30.6 Å². The van der Waals surface area contributed by atoms with Crippen molar-refractivity contribution in [1.82, 2.24) is 0 Å². The van der Waals surface area contributed by atoms with Crippen LogP contribution in [0.15, 0.2) is 24.3 Å². The molecule has 1 amide bonds. The van der Waals surface area contributed by atoms with Crippen molar-refractivity contribution in [3.05, 3.63) is 29.8 Å². The van der Waals surface area contributed by atoms with Crippen molar-refractivity contribution in [3.63, 3.8) is 0 Å². The summed E-state index contributed by atoms with van der Waals surface area (Å²) < 4.78 is 5.47. The Morgan fingerprint density at radius 3 is 2.68 bits per heavy atom. The molecular formula is C15H19NO3. The molecule has 1 aromatic carbocycles. The summed E-state index contributed by atoms with van der Waals surface area (Å²) in [4.78, 5) is 14.1. The van der Waals surface area contributed by atoms with Crippen LogP contribution in [0.25, 0.3) is 0 Å². The molecule has 0 radical (unpaired) electrons. The summed E-state index contributed by atoms with van der Waals surface area (Å²) >= 11 is 0. The van der Waals surface area contributed by atoms with Crippen LogP contribution in [-0.4, -0.2) is 29.4 Å². The summed E-state index contributed by atoms with van der Waals surface area (Å²) in [5, 5.41) is 9.39. The van der Waals surface area contributed by atoms with E-state index in [1.165, 1.54) is 0 Å². The molecule has 3 unspecified atom stereocenters. The van der Waals surface area contributed by atoms with Crippen LogP contribution in [0.5, 0.6) is 0 Å². The van der Waals surface area contributed by atoms with Gasteiger partial charge in [-0.3, -0.25) is 4.90 Å². The Morgan fingerprint density at radius 1 is 1.37 bits per heavy atom. The molecule has 1 aromatic rings. The molecule has 0 spiro atoms. The zero-order chi connectivity index (χ0) is 13.8. The molecule has 3 rings (SSSR count). The first-order valence-electron chi connectivity index (χ1n) is 6.66. The molecule has 102 valence electrons. The zero-order valence-corrected chi connectivity index (χ0v) is 11.5. The molecule has 0 saturated heterocycles. The lowest BCUT2D eigenvalue weighted by Crippen LogP contribution is -2.38. The van der Waals surface area contributed by atoms with E-state index in [1.54, 1.807) is 4.90 Å². The number of carbonyl (C=O) groups is 1. The predicted octanol–water partition coefficient (Wildman–Crippen LogP) is 2.52. The Hall–Kier alpha value is -1.55. The highest BCUT2D eigenvalue weighted by atomic mass is 16.6. The lowest BCUT2D eigenvalue weighted by Gasteiger charge is -2.27. The number of hydrogen-bond donors (Lipinski definition) is 1. The van der Waals surface area contributed by atoms with E-state index in [2.05, 4.69) is 0 Å². The highest BCUT2D eigenvalue weighted by Gasteiger charge is 2.61. The van der Waals surface area contributed by atoms with Gasteiger partial charge in [-0.25, -0.2) is 4.79 Å². The van der Waals surface area contributed by atoms with Crippen molar-refractivity contribution in [2.75, 3.05) is 11.5 Å². The average Bonchev–Trinajstić information content (AvgIpc) is 2.92. The van der Waals surface area contributed by atoms with Gasteiger partial charge in [-0.15, -0.1) is 0 Å². The quantitative estimate of drug-likeness (QED) is 0.845. The van der Waals surface area contributed by atoms with Gasteiger partial charge in [-0.05, 0) is 32.4 Å². The molecule has 1 heterocycles. The van der Waals surface area contributed by atoms with Crippen molar-refractivity contribution >= 4 is 11.8 Å². The fourth-order valence-corrected chi connectivity index (χ4v) is 3.02. The van der Waals surface area contributed by atoms with Gasteiger partial charge in [0.25, 0.3) is 0 Å². The smallest absolute Gasteiger partial charge is 0.415 e. The Balaban J connectivity index is 1.91. The number of hydrogen-bond acceptors (Lipinski definition) is 3. The third-order valence-electron chi connectivity index (χ3n) is 3.78. The molecule has 1 aliphatic carbocycles. The molecule has 1 fully saturated rings. The number of anilines is 1. The second kappa shape index (κ2) is 3.97. The number of ether oxygens (including phenoxy) is 1. The van der Waals surface area contributed by atoms with Crippen LogP contribution in [-0.2, 0) is 4.74 Å². The summed E-state index contributed by atoms with van der Waals surface area (Å²) in [5.41, 5.74) is 1.57. The highest BCUT2D eigenvalue weighted by molar-refractivity contribution is 5.94. The number of fused-ring (bicyclic) bond motifs is 3. The highest BCUT2D eigenvalue weighted by Crippen LogP contribution is 2.60. The van der Waals surface area contributed by atoms with Gasteiger partial charge in [-0.1, -0.05) is 18.2 Å². The van der Waals surface area contributed by atoms with Crippen LogP contribution < -0.4 is 4.90 Å². The third kappa shape index (κ3) is 1.91. The van der Waals surface area contributed by atoms with Crippen LogP contribution in [0.3, 0.4) is 0 Å². The minimum atomic E-state index is -0.506. The Kier molecular flexibility index (Phi) is 2.61. The fourth-order valence-electron chi connectivity index (χ4n) is 3.02. The lowest BCUT2D eigenvalue weighted by molar-refractivity contribution is 0.0576. The van der Waals surface area contributed by atoms with Crippen molar-refractivity contribution in [3.8, 4) is 0 Å². The Morgan fingerprint density at radius 2 is 2.05 bits per heavy atom. The maximum atomic E-state index is 12.3. The van der Waals surface area contributed by atoms with Crippen LogP contribution in [0, 0.1) is 5.92 Å². The van der Waals surface area contributed by atoms with Gasteiger partial charge >= 0.3 is 6.09 Å². The van der Waals surface area contributed by atoms with E-state index in [0.29, 0.717) is 0 Å².